The molecule has 1 aliphatic rings. The van der Waals surface area contributed by atoms with E-state index in [0.717, 1.165) is 25.4 Å². The van der Waals surface area contributed by atoms with E-state index < -0.39 is 0 Å². The highest BCUT2D eigenvalue weighted by Gasteiger charge is 2.23. The summed E-state index contributed by atoms with van der Waals surface area (Å²) in [5, 5.41) is 0. The number of nitrogens with zero attached hydrogens (tertiary/aromatic N) is 1. The van der Waals surface area contributed by atoms with Gasteiger partial charge < -0.3 is 4.74 Å². The van der Waals surface area contributed by atoms with Crippen molar-refractivity contribution in [3.05, 3.63) is 65.2 Å². The van der Waals surface area contributed by atoms with Gasteiger partial charge in [0.25, 0.3) is 0 Å². The molecule has 2 aromatic carbocycles. The molecule has 0 N–H and O–H groups in total. The van der Waals surface area contributed by atoms with Gasteiger partial charge in [-0.05, 0) is 48.3 Å². The van der Waals surface area contributed by atoms with Crippen molar-refractivity contribution in [3.63, 3.8) is 0 Å². The van der Waals surface area contributed by atoms with Gasteiger partial charge in [0, 0.05) is 12.5 Å². The van der Waals surface area contributed by atoms with Crippen molar-refractivity contribution in [2.24, 2.45) is 0 Å². The minimum Gasteiger partial charge on any atom is -0.497 e. The molecular formula is C19H23NO. The molecule has 0 saturated carbocycles. The van der Waals surface area contributed by atoms with Crippen LogP contribution in [0.4, 0.5) is 0 Å². The van der Waals surface area contributed by atoms with E-state index in [2.05, 4.69) is 60.4 Å². The number of hydrogen-bond acceptors (Lipinski definition) is 2. The van der Waals surface area contributed by atoms with Gasteiger partial charge in [-0.2, -0.15) is 0 Å². The molecule has 0 radical (unpaired) electrons. The van der Waals surface area contributed by atoms with Gasteiger partial charge >= 0.3 is 0 Å². The lowest BCUT2D eigenvalue weighted by Crippen LogP contribution is -2.22. The smallest absolute Gasteiger partial charge is 0.119 e. The Morgan fingerprint density at radius 2 is 1.95 bits per heavy atom. The molecule has 0 fully saturated rings. The SMILES string of the molecule is CCN1CC[C@H](c2ccccc2)c2ccc(OC)cc2C1. The summed E-state index contributed by atoms with van der Waals surface area (Å²) in [5.74, 6) is 1.45. The third-order valence-corrected chi connectivity index (χ3v) is 4.50. The van der Waals surface area contributed by atoms with E-state index in [4.69, 9.17) is 4.74 Å². The molecule has 0 unspecified atom stereocenters. The van der Waals surface area contributed by atoms with E-state index in [9.17, 15) is 0 Å². The highest BCUT2D eigenvalue weighted by Crippen LogP contribution is 2.35. The summed E-state index contributed by atoms with van der Waals surface area (Å²) in [6, 6.07) is 17.4. The standard InChI is InChI=1S/C19H23NO/c1-3-20-12-11-19(15-7-5-4-6-8-15)18-10-9-17(21-2)13-16(18)14-20/h4-10,13,19H,3,11-12,14H2,1-2H3/t19-/m1/s1. The molecule has 1 atom stereocenters. The maximum Gasteiger partial charge on any atom is 0.119 e. The van der Waals surface area contributed by atoms with Crippen LogP contribution in [0.3, 0.4) is 0 Å². The van der Waals surface area contributed by atoms with E-state index in [0.29, 0.717) is 5.92 Å². The van der Waals surface area contributed by atoms with Crippen LogP contribution in [0.25, 0.3) is 0 Å². The fourth-order valence-corrected chi connectivity index (χ4v) is 3.27. The highest BCUT2D eigenvalue weighted by molar-refractivity contribution is 5.43. The molecule has 2 nitrogen and oxygen atoms in total. The Bertz CT molecular complexity index is 594. The number of ether oxygens (including phenoxy) is 1. The van der Waals surface area contributed by atoms with E-state index in [1.165, 1.54) is 23.1 Å². The van der Waals surface area contributed by atoms with Crippen molar-refractivity contribution in [1.29, 1.82) is 0 Å². The Kier molecular flexibility index (Phi) is 4.26. The first-order valence-corrected chi connectivity index (χ1v) is 7.76. The van der Waals surface area contributed by atoms with Gasteiger partial charge in [0.05, 0.1) is 7.11 Å². The predicted molar refractivity (Wildman–Crippen MR) is 86.8 cm³/mol. The molecule has 0 spiro atoms. The normalized spacial score (nSPS) is 18.9. The molecule has 0 amide bonds. The average molecular weight is 281 g/mol. The topological polar surface area (TPSA) is 12.5 Å². The summed E-state index contributed by atoms with van der Waals surface area (Å²) in [7, 11) is 1.74. The largest absolute Gasteiger partial charge is 0.497 e. The molecule has 2 heteroatoms. The lowest BCUT2D eigenvalue weighted by atomic mass is 9.86. The van der Waals surface area contributed by atoms with E-state index in [1.807, 2.05) is 0 Å². The minimum absolute atomic E-state index is 0.489. The van der Waals surface area contributed by atoms with Gasteiger partial charge in [0.2, 0.25) is 0 Å². The van der Waals surface area contributed by atoms with Crippen molar-refractivity contribution >= 4 is 0 Å². The van der Waals surface area contributed by atoms with Crippen molar-refractivity contribution in [2.75, 3.05) is 20.2 Å². The predicted octanol–water partition coefficient (Wildman–Crippen LogP) is 4.05. The van der Waals surface area contributed by atoms with Crippen molar-refractivity contribution in [2.45, 2.75) is 25.8 Å². The lowest BCUT2D eigenvalue weighted by molar-refractivity contribution is 0.281. The summed E-state index contributed by atoms with van der Waals surface area (Å²) in [6.45, 7) is 5.50. The first-order chi connectivity index (χ1) is 10.3. The van der Waals surface area contributed by atoms with Crippen LogP contribution in [0.15, 0.2) is 48.5 Å². The van der Waals surface area contributed by atoms with Crippen LogP contribution in [-0.2, 0) is 6.54 Å². The Balaban J connectivity index is 2.04. The van der Waals surface area contributed by atoms with Gasteiger partial charge in [-0.1, -0.05) is 43.3 Å². The molecule has 21 heavy (non-hydrogen) atoms. The number of fused-ring (bicyclic) bond motifs is 1. The molecular weight excluding hydrogens is 258 g/mol. The van der Waals surface area contributed by atoms with Crippen molar-refractivity contribution in [1.82, 2.24) is 4.90 Å². The van der Waals surface area contributed by atoms with Crippen LogP contribution in [0.2, 0.25) is 0 Å². The van der Waals surface area contributed by atoms with Gasteiger partial charge in [-0.15, -0.1) is 0 Å². The maximum absolute atomic E-state index is 5.41. The van der Waals surface area contributed by atoms with E-state index >= 15 is 0 Å². The summed E-state index contributed by atoms with van der Waals surface area (Å²) < 4.78 is 5.41. The number of hydrogen-bond donors (Lipinski definition) is 0. The zero-order valence-electron chi connectivity index (χ0n) is 12.9. The fraction of sp³-hybridized carbons (Fsp3) is 0.368. The van der Waals surface area contributed by atoms with Gasteiger partial charge in [0.15, 0.2) is 0 Å². The summed E-state index contributed by atoms with van der Waals surface area (Å²) in [4.78, 5) is 2.52. The van der Waals surface area contributed by atoms with Crippen LogP contribution >= 0.6 is 0 Å². The van der Waals surface area contributed by atoms with E-state index in [-0.39, 0.29) is 0 Å². The summed E-state index contributed by atoms with van der Waals surface area (Å²) in [6.07, 6.45) is 1.18. The third-order valence-electron chi connectivity index (χ3n) is 4.50. The molecule has 3 rings (SSSR count). The first kappa shape index (κ1) is 14.2. The molecule has 0 bridgehead atoms. The molecule has 1 aliphatic heterocycles. The average Bonchev–Trinajstić information content (AvgIpc) is 2.74. The molecule has 110 valence electrons. The Labute approximate surface area is 127 Å². The minimum atomic E-state index is 0.489. The van der Waals surface area contributed by atoms with Crippen LogP contribution in [-0.4, -0.2) is 25.1 Å². The number of rotatable bonds is 3. The zero-order chi connectivity index (χ0) is 14.7. The highest BCUT2D eigenvalue weighted by atomic mass is 16.5. The molecule has 2 aromatic rings. The maximum atomic E-state index is 5.41. The molecule has 0 aromatic heterocycles. The molecule has 0 aliphatic carbocycles. The van der Waals surface area contributed by atoms with Crippen LogP contribution in [0.1, 0.15) is 36.0 Å². The number of benzene rings is 2. The summed E-state index contributed by atoms with van der Waals surface area (Å²) >= 11 is 0. The quantitative estimate of drug-likeness (QED) is 0.841. The number of methoxy groups -OCH3 is 1. The van der Waals surface area contributed by atoms with Gasteiger partial charge in [0.1, 0.15) is 5.75 Å². The third kappa shape index (κ3) is 2.96. The van der Waals surface area contributed by atoms with Crippen molar-refractivity contribution in [3.8, 4) is 5.75 Å². The Morgan fingerprint density at radius 3 is 2.67 bits per heavy atom. The molecule has 0 saturated heterocycles. The van der Waals surface area contributed by atoms with E-state index in [1.54, 1.807) is 7.11 Å². The zero-order valence-corrected chi connectivity index (χ0v) is 12.9. The first-order valence-electron chi connectivity index (χ1n) is 7.76. The summed E-state index contributed by atoms with van der Waals surface area (Å²) in [5.41, 5.74) is 4.28. The lowest BCUT2D eigenvalue weighted by Gasteiger charge is -2.18. The van der Waals surface area contributed by atoms with Crippen LogP contribution in [0, 0.1) is 0 Å². The Hall–Kier alpha value is -1.80. The second-order valence-electron chi connectivity index (χ2n) is 5.69. The second-order valence-corrected chi connectivity index (χ2v) is 5.69. The monoisotopic (exact) mass is 281 g/mol. The van der Waals surface area contributed by atoms with Gasteiger partial charge in [-0.25, -0.2) is 0 Å². The fourth-order valence-electron chi connectivity index (χ4n) is 3.27. The molecule has 1 heterocycles. The van der Waals surface area contributed by atoms with Crippen LogP contribution < -0.4 is 4.74 Å². The second kappa shape index (κ2) is 6.31. The van der Waals surface area contributed by atoms with Crippen molar-refractivity contribution < 1.29 is 4.74 Å². The Morgan fingerprint density at radius 1 is 1.14 bits per heavy atom. The van der Waals surface area contributed by atoms with Gasteiger partial charge in [-0.3, -0.25) is 4.90 Å². The van der Waals surface area contributed by atoms with Crippen LogP contribution in [0.5, 0.6) is 5.75 Å².